The molecule has 0 aliphatic carbocycles. The van der Waals surface area contributed by atoms with E-state index in [9.17, 15) is 0 Å². The molecule has 1 aromatic heterocycles. The zero-order valence-electron chi connectivity index (χ0n) is 14.4. The van der Waals surface area contributed by atoms with Gasteiger partial charge in [0.15, 0.2) is 0 Å². The molecular formula is C19H21N3OS. The molecule has 0 atom stereocenters. The molecule has 5 heteroatoms. The van der Waals surface area contributed by atoms with Crippen LogP contribution in [0.15, 0.2) is 41.4 Å². The van der Waals surface area contributed by atoms with Crippen LogP contribution >= 0.6 is 11.5 Å². The molecule has 0 radical (unpaired) electrons. The quantitative estimate of drug-likeness (QED) is 0.466. The first-order valence-corrected chi connectivity index (χ1v) is 8.73. The number of benzene rings is 2. The van der Waals surface area contributed by atoms with Crippen LogP contribution in [0.4, 0.5) is 5.69 Å². The lowest BCUT2D eigenvalue weighted by molar-refractivity contribution is 0.497. The summed E-state index contributed by atoms with van der Waals surface area (Å²) in [4.78, 5) is 6.61. The first kappa shape index (κ1) is 16.5. The molecule has 1 heterocycles. The third kappa shape index (κ3) is 3.41. The highest BCUT2D eigenvalue weighted by Gasteiger charge is 2.11. The second-order valence-electron chi connectivity index (χ2n) is 5.81. The molecular weight excluding hydrogens is 318 g/mol. The van der Waals surface area contributed by atoms with Crippen LogP contribution in [0.5, 0.6) is 10.8 Å². The van der Waals surface area contributed by atoms with Gasteiger partial charge in [0.25, 0.3) is 0 Å². The monoisotopic (exact) mass is 339 g/mol. The van der Waals surface area contributed by atoms with Gasteiger partial charge in [-0.2, -0.15) is 4.37 Å². The Hall–Kier alpha value is -2.40. The number of aliphatic imine (C=N–C) groups is 1. The average molecular weight is 339 g/mol. The lowest BCUT2D eigenvalue weighted by Gasteiger charge is -2.12. The number of hydrogen-bond acceptors (Lipinski definition) is 4. The van der Waals surface area contributed by atoms with Gasteiger partial charge in [-0.25, -0.2) is 4.99 Å². The average Bonchev–Trinajstić information content (AvgIpc) is 2.99. The third-order valence-electron chi connectivity index (χ3n) is 3.94. The van der Waals surface area contributed by atoms with E-state index in [0.29, 0.717) is 0 Å². The summed E-state index contributed by atoms with van der Waals surface area (Å²) in [6.07, 6.45) is 1.86. The summed E-state index contributed by atoms with van der Waals surface area (Å²) < 4.78 is 10.6. The second kappa shape index (κ2) is 7.01. The Labute approximate surface area is 146 Å². The maximum Gasteiger partial charge on any atom is 0.207 e. The fourth-order valence-electron chi connectivity index (χ4n) is 2.31. The highest BCUT2D eigenvalue weighted by molar-refractivity contribution is 7.09. The predicted octanol–water partition coefficient (Wildman–Crippen LogP) is 5.32. The highest BCUT2D eigenvalue weighted by Crippen LogP contribution is 2.37. The van der Waals surface area contributed by atoms with Crippen molar-refractivity contribution in [2.24, 2.45) is 4.99 Å². The summed E-state index contributed by atoms with van der Waals surface area (Å²) >= 11 is 1.39. The van der Waals surface area contributed by atoms with Gasteiger partial charge in [0.2, 0.25) is 5.06 Å². The molecule has 0 spiro atoms. The van der Waals surface area contributed by atoms with Crippen LogP contribution < -0.4 is 4.74 Å². The van der Waals surface area contributed by atoms with Gasteiger partial charge in [0.05, 0.1) is 22.9 Å². The maximum atomic E-state index is 6.14. The lowest BCUT2D eigenvalue weighted by Crippen LogP contribution is -2.14. The van der Waals surface area contributed by atoms with E-state index in [4.69, 9.17) is 4.74 Å². The van der Waals surface area contributed by atoms with Gasteiger partial charge in [-0.05, 0) is 56.2 Å². The van der Waals surface area contributed by atoms with Crippen molar-refractivity contribution < 1.29 is 4.74 Å². The number of hydrogen-bond donors (Lipinski definition) is 0. The van der Waals surface area contributed by atoms with Crippen molar-refractivity contribution in [3.05, 3.63) is 47.5 Å². The van der Waals surface area contributed by atoms with E-state index in [2.05, 4.69) is 29.3 Å². The van der Waals surface area contributed by atoms with Gasteiger partial charge >= 0.3 is 0 Å². The number of aromatic nitrogens is 1. The van der Waals surface area contributed by atoms with E-state index < -0.39 is 0 Å². The van der Waals surface area contributed by atoms with Crippen LogP contribution in [0.25, 0.3) is 10.9 Å². The third-order valence-corrected chi connectivity index (χ3v) is 4.70. The minimum Gasteiger partial charge on any atom is -0.444 e. The molecule has 0 fully saturated rings. The van der Waals surface area contributed by atoms with Gasteiger partial charge in [-0.3, -0.25) is 0 Å². The Morgan fingerprint density at radius 3 is 2.79 bits per heavy atom. The molecule has 0 unspecified atom stereocenters. The molecule has 4 nitrogen and oxygen atoms in total. The Kier molecular flexibility index (Phi) is 4.81. The molecule has 0 bridgehead atoms. The second-order valence-corrected chi connectivity index (χ2v) is 6.55. The normalized spacial score (nSPS) is 11.3. The van der Waals surface area contributed by atoms with Crippen molar-refractivity contribution in [1.82, 2.24) is 9.27 Å². The molecule has 3 rings (SSSR count). The van der Waals surface area contributed by atoms with Crippen molar-refractivity contribution >= 4 is 34.5 Å². The fourth-order valence-corrected chi connectivity index (χ4v) is 3.04. The Bertz CT molecular complexity index is 885. The summed E-state index contributed by atoms with van der Waals surface area (Å²) in [5.74, 6) is 0.852. The highest BCUT2D eigenvalue weighted by atomic mass is 32.1. The van der Waals surface area contributed by atoms with Crippen molar-refractivity contribution in [3.8, 4) is 10.8 Å². The molecule has 0 amide bonds. The Morgan fingerprint density at radius 1 is 1.21 bits per heavy atom. The molecule has 0 saturated carbocycles. The molecule has 124 valence electrons. The molecule has 0 saturated heterocycles. The van der Waals surface area contributed by atoms with Crippen molar-refractivity contribution in [2.45, 2.75) is 20.8 Å². The fraction of sp³-hybridized carbons (Fsp3) is 0.263. The van der Waals surface area contributed by atoms with Crippen LogP contribution in [0.3, 0.4) is 0 Å². The topological polar surface area (TPSA) is 37.7 Å². The van der Waals surface area contributed by atoms with E-state index in [1.54, 1.807) is 0 Å². The van der Waals surface area contributed by atoms with Gasteiger partial charge in [0, 0.05) is 25.1 Å². The first-order chi connectivity index (χ1) is 11.6. The van der Waals surface area contributed by atoms with Crippen LogP contribution in [0.1, 0.15) is 18.1 Å². The van der Waals surface area contributed by atoms with Crippen molar-refractivity contribution in [1.29, 1.82) is 0 Å². The van der Waals surface area contributed by atoms with E-state index in [1.165, 1.54) is 11.5 Å². The maximum absolute atomic E-state index is 6.14. The van der Waals surface area contributed by atoms with Crippen LogP contribution in [0.2, 0.25) is 0 Å². The van der Waals surface area contributed by atoms with Gasteiger partial charge in [-0.15, -0.1) is 0 Å². The molecule has 2 aromatic carbocycles. The predicted molar refractivity (Wildman–Crippen MR) is 102 cm³/mol. The van der Waals surface area contributed by atoms with Crippen LogP contribution in [-0.4, -0.2) is 29.2 Å². The van der Waals surface area contributed by atoms with Crippen LogP contribution in [0, 0.1) is 13.8 Å². The van der Waals surface area contributed by atoms with Crippen molar-refractivity contribution in [2.75, 3.05) is 13.6 Å². The smallest absolute Gasteiger partial charge is 0.207 e. The van der Waals surface area contributed by atoms with Gasteiger partial charge in [0.1, 0.15) is 5.75 Å². The summed E-state index contributed by atoms with van der Waals surface area (Å²) in [6.45, 7) is 7.12. The SMILES string of the molecule is CCN(C)/C=N\c1cc(C)c(Oc2snc3ccccc23)cc1C. The summed E-state index contributed by atoms with van der Waals surface area (Å²) in [6, 6.07) is 12.1. The Balaban J connectivity index is 1.89. The summed E-state index contributed by atoms with van der Waals surface area (Å²) in [5.41, 5.74) is 4.08. The number of rotatable bonds is 5. The summed E-state index contributed by atoms with van der Waals surface area (Å²) in [5, 5.41) is 1.88. The zero-order valence-corrected chi connectivity index (χ0v) is 15.2. The Morgan fingerprint density at radius 2 is 2.00 bits per heavy atom. The van der Waals surface area contributed by atoms with Gasteiger partial charge < -0.3 is 9.64 Å². The minimum atomic E-state index is 0.829. The van der Waals surface area contributed by atoms with Crippen LogP contribution in [-0.2, 0) is 0 Å². The molecule has 24 heavy (non-hydrogen) atoms. The van der Waals surface area contributed by atoms with E-state index >= 15 is 0 Å². The summed E-state index contributed by atoms with van der Waals surface area (Å²) in [7, 11) is 2.01. The van der Waals surface area contributed by atoms with Crippen molar-refractivity contribution in [3.63, 3.8) is 0 Å². The van der Waals surface area contributed by atoms with E-state index in [1.807, 2.05) is 55.5 Å². The minimum absolute atomic E-state index is 0.829. The van der Waals surface area contributed by atoms with E-state index in [-0.39, 0.29) is 0 Å². The number of aryl methyl sites for hydroxylation is 2. The lowest BCUT2D eigenvalue weighted by atomic mass is 10.1. The number of ether oxygens (including phenoxy) is 1. The largest absolute Gasteiger partial charge is 0.444 e. The molecule has 3 aromatic rings. The molecule has 0 aliphatic rings. The zero-order chi connectivity index (χ0) is 17.1. The molecule has 0 aliphatic heterocycles. The molecule has 0 N–H and O–H groups in total. The van der Waals surface area contributed by atoms with E-state index in [0.717, 1.165) is 45.1 Å². The standard InChI is InChI=1S/C19H21N3OS/c1-5-22(4)12-20-17-10-14(3)18(11-13(17)2)23-19-15-8-6-7-9-16(15)21-24-19/h6-12H,5H2,1-4H3/b20-12-. The number of nitrogens with zero attached hydrogens (tertiary/aromatic N) is 3. The number of fused-ring (bicyclic) bond motifs is 1. The first-order valence-electron chi connectivity index (χ1n) is 7.96. The van der Waals surface area contributed by atoms with Gasteiger partial charge in [-0.1, -0.05) is 12.1 Å².